The van der Waals surface area contributed by atoms with Crippen LogP contribution in [0, 0.1) is 0 Å². The lowest BCUT2D eigenvalue weighted by molar-refractivity contribution is -0.134. The molecule has 0 radical (unpaired) electrons. The van der Waals surface area contributed by atoms with Crippen molar-refractivity contribution < 1.29 is 27.8 Å². The molecule has 9 nitrogen and oxygen atoms in total. The lowest BCUT2D eigenvalue weighted by atomic mass is 9.91. The van der Waals surface area contributed by atoms with Gasteiger partial charge in [-0.05, 0) is 36.6 Å². The van der Waals surface area contributed by atoms with Gasteiger partial charge in [0.2, 0.25) is 15.9 Å². The lowest BCUT2D eigenvalue weighted by Gasteiger charge is -2.36. The van der Waals surface area contributed by atoms with Gasteiger partial charge in [0, 0.05) is 45.3 Å². The van der Waals surface area contributed by atoms with Gasteiger partial charge in [0.25, 0.3) is 0 Å². The van der Waals surface area contributed by atoms with E-state index in [4.69, 9.17) is 9.47 Å². The predicted octanol–water partition coefficient (Wildman–Crippen LogP) is 1.84. The van der Waals surface area contributed by atoms with Crippen molar-refractivity contribution in [1.82, 2.24) is 14.1 Å². The summed E-state index contributed by atoms with van der Waals surface area (Å²) in [5, 5.41) is 10.0. The number of β-amino-alcohol motifs (C(OH)–C–C–N with tert-alkyl or cyclic N) is 1. The van der Waals surface area contributed by atoms with Crippen molar-refractivity contribution in [2.24, 2.45) is 0 Å². The third-order valence-corrected chi connectivity index (χ3v) is 9.50. The van der Waals surface area contributed by atoms with Crippen LogP contribution in [0.2, 0.25) is 0 Å². The fraction of sp³-hybridized carbons (Fsp3) is 0.519. The van der Waals surface area contributed by atoms with Gasteiger partial charge < -0.3 is 19.5 Å². The van der Waals surface area contributed by atoms with Gasteiger partial charge in [0.1, 0.15) is 5.75 Å². The van der Waals surface area contributed by atoms with Gasteiger partial charge in [-0.15, -0.1) is 0 Å². The Morgan fingerprint density at radius 1 is 1.08 bits per heavy atom. The molecule has 37 heavy (non-hydrogen) atoms. The molecule has 0 aliphatic carbocycles. The monoisotopic (exact) mass is 529 g/mol. The Bertz CT molecular complexity index is 1200. The molecule has 0 bridgehead atoms. The number of ether oxygens (including phenoxy) is 2. The van der Waals surface area contributed by atoms with Crippen molar-refractivity contribution in [2.45, 2.75) is 35.8 Å². The molecular formula is C27H35N3O6S. The summed E-state index contributed by atoms with van der Waals surface area (Å²) >= 11 is 0. The van der Waals surface area contributed by atoms with E-state index in [2.05, 4.69) is 4.90 Å². The highest BCUT2D eigenvalue weighted by atomic mass is 32.2. The average Bonchev–Trinajstić information content (AvgIpc) is 3.35. The van der Waals surface area contributed by atoms with Crippen LogP contribution in [0.4, 0.5) is 0 Å². The molecule has 0 spiro atoms. The number of hydrogen-bond donors (Lipinski definition) is 1. The standard InChI is InChI=1S/C27H35N3O6S/c1-28(25(20-5-3-2-4-6-20)19-29-11-9-21(31)18-29)27(32)23-10-14-36-26-8-7-22(17-24(23)26)37(33,34)30-12-15-35-16-13-30/h2-8,17,21,23,25,31H,9-16,18-19H2,1H3. The molecule has 0 aromatic heterocycles. The highest BCUT2D eigenvalue weighted by Gasteiger charge is 2.36. The summed E-state index contributed by atoms with van der Waals surface area (Å²) < 4.78 is 39.2. The Morgan fingerprint density at radius 3 is 2.54 bits per heavy atom. The van der Waals surface area contributed by atoms with Gasteiger partial charge >= 0.3 is 0 Å². The molecule has 1 N–H and O–H groups in total. The van der Waals surface area contributed by atoms with E-state index in [-0.39, 0.29) is 22.9 Å². The summed E-state index contributed by atoms with van der Waals surface area (Å²) in [5.74, 6) is -0.0270. The molecule has 3 aliphatic rings. The van der Waals surface area contributed by atoms with Crippen LogP contribution >= 0.6 is 0 Å². The maximum Gasteiger partial charge on any atom is 0.243 e. The number of aliphatic hydroxyl groups is 1. The van der Waals surface area contributed by atoms with Crippen LogP contribution in [0.25, 0.3) is 0 Å². The highest BCUT2D eigenvalue weighted by Crippen LogP contribution is 2.38. The number of carbonyl (C=O) groups is 1. The molecule has 1 amide bonds. The van der Waals surface area contributed by atoms with E-state index in [9.17, 15) is 18.3 Å². The SMILES string of the molecule is CN(C(=O)C1CCOc2ccc(S(=O)(=O)N3CCOCC3)cc21)C(CN1CCC(O)C1)c1ccccc1. The van der Waals surface area contributed by atoms with E-state index in [0.29, 0.717) is 63.7 Å². The maximum atomic E-state index is 14.0. The lowest BCUT2D eigenvalue weighted by Crippen LogP contribution is -2.42. The predicted molar refractivity (Wildman–Crippen MR) is 138 cm³/mol. The third kappa shape index (κ3) is 5.53. The minimum Gasteiger partial charge on any atom is -0.493 e. The van der Waals surface area contributed by atoms with Crippen LogP contribution in [0.1, 0.15) is 35.9 Å². The first-order chi connectivity index (χ1) is 17.8. The molecule has 3 unspecified atom stereocenters. The summed E-state index contributed by atoms with van der Waals surface area (Å²) in [6.45, 7) is 3.74. The smallest absolute Gasteiger partial charge is 0.243 e. The fourth-order valence-electron chi connectivity index (χ4n) is 5.47. The molecule has 3 aliphatic heterocycles. The Balaban J connectivity index is 1.42. The van der Waals surface area contributed by atoms with Crippen molar-refractivity contribution in [3.05, 3.63) is 59.7 Å². The topological polar surface area (TPSA) is 99.6 Å². The minimum atomic E-state index is -3.70. The number of hydrogen-bond acceptors (Lipinski definition) is 7. The van der Waals surface area contributed by atoms with Crippen molar-refractivity contribution in [2.75, 3.05) is 59.6 Å². The second-order valence-corrected chi connectivity index (χ2v) is 11.9. The van der Waals surface area contributed by atoms with Gasteiger partial charge in [-0.2, -0.15) is 4.31 Å². The number of aliphatic hydroxyl groups excluding tert-OH is 1. The Labute approximate surface area is 218 Å². The normalized spacial score (nSPS) is 23.7. The van der Waals surface area contributed by atoms with Gasteiger partial charge in [-0.3, -0.25) is 9.69 Å². The number of carbonyl (C=O) groups excluding carboxylic acids is 1. The first-order valence-electron chi connectivity index (χ1n) is 12.9. The number of rotatable bonds is 7. The summed E-state index contributed by atoms with van der Waals surface area (Å²) in [6, 6.07) is 14.6. The largest absolute Gasteiger partial charge is 0.493 e. The van der Waals surface area contributed by atoms with Crippen molar-refractivity contribution in [3.63, 3.8) is 0 Å². The zero-order chi connectivity index (χ0) is 26.0. The molecule has 10 heteroatoms. The third-order valence-electron chi connectivity index (χ3n) is 7.60. The van der Waals surface area contributed by atoms with E-state index in [1.165, 1.54) is 4.31 Å². The Kier molecular flexibility index (Phi) is 7.83. The molecule has 200 valence electrons. The van der Waals surface area contributed by atoms with Gasteiger partial charge in [-0.25, -0.2) is 8.42 Å². The summed E-state index contributed by atoms with van der Waals surface area (Å²) in [5.41, 5.74) is 1.64. The number of benzene rings is 2. The molecule has 5 rings (SSSR count). The second kappa shape index (κ2) is 11.1. The van der Waals surface area contributed by atoms with Gasteiger partial charge in [0.15, 0.2) is 0 Å². The average molecular weight is 530 g/mol. The summed E-state index contributed by atoms with van der Waals surface area (Å²) in [7, 11) is -1.89. The number of amides is 1. The van der Waals surface area contributed by atoms with Crippen LogP contribution in [0.3, 0.4) is 0 Å². The van der Waals surface area contributed by atoms with Crippen molar-refractivity contribution in [1.29, 1.82) is 0 Å². The molecule has 3 atom stereocenters. The van der Waals surface area contributed by atoms with E-state index >= 15 is 0 Å². The Hall–Kier alpha value is -2.50. The van der Waals surface area contributed by atoms with Gasteiger partial charge in [-0.1, -0.05) is 30.3 Å². The summed E-state index contributed by atoms with van der Waals surface area (Å²) in [4.78, 5) is 18.1. The molecule has 2 saturated heterocycles. The molecule has 2 aromatic rings. The van der Waals surface area contributed by atoms with Crippen molar-refractivity contribution >= 4 is 15.9 Å². The van der Waals surface area contributed by atoms with Crippen LogP contribution < -0.4 is 4.74 Å². The number of likely N-dealkylation sites (tertiary alicyclic amines) is 1. The molecule has 3 heterocycles. The molecule has 2 aromatic carbocycles. The molecule has 2 fully saturated rings. The first kappa shape index (κ1) is 26.1. The number of fused-ring (bicyclic) bond motifs is 1. The quantitative estimate of drug-likeness (QED) is 0.584. The number of sulfonamides is 1. The molecular weight excluding hydrogens is 494 g/mol. The maximum absolute atomic E-state index is 14.0. The van der Waals surface area contributed by atoms with Crippen molar-refractivity contribution in [3.8, 4) is 5.75 Å². The van der Waals surface area contributed by atoms with Crippen LogP contribution in [0.5, 0.6) is 5.75 Å². The second-order valence-electron chi connectivity index (χ2n) is 9.98. The van der Waals surface area contributed by atoms with E-state index in [1.54, 1.807) is 23.1 Å². The van der Waals surface area contributed by atoms with Gasteiger partial charge in [0.05, 0.1) is 42.8 Å². The molecule has 0 saturated carbocycles. The number of morpholine rings is 1. The van der Waals surface area contributed by atoms with Crippen LogP contribution in [-0.4, -0.2) is 99.2 Å². The number of likely N-dealkylation sites (N-methyl/N-ethyl adjacent to an activating group) is 1. The minimum absolute atomic E-state index is 0.0703. The van der Waals surface area contributed by atoms with E-state index in [1.807, 2.05) is 37.4 Å². The zero-order valence-corrected chi connectivity index (χ0v) is 22.0. The van der Waals surface area contributed by atoms with E-state index < -0.39 is 15.9 Å². The first-order valence-corrected chi connectivity index (χ1v) is 14.4. The van der Waals surface area contributed by atoms with Crippen LogP contribution in [0.15, 0.2) is 53.4 Å². The zero-order valence-electron chi connectivity index (χ0n) is 21.2. The Morgan fingerprint density at radius 2 is 1.84 bits per heavy atom. The number of nitrogens with zero attached hydrogens (tertiary/aromatic N) is 3. The van der Waals surface area contributed by atoms with E-state index in [0.717, 1.165) is 18.5 Å². The summed E-state index contributed by atoms with van der Waals surface area (Å²) in [6.07, 6.45) is 0.861. The van der Waals surface area contributed by atoms with Crippen LogP contribution in [-0.2, 0) is 19.6 Å². The highest BCUT2D eigenvalue weighted by molar-refractivity contribution is 7.89. The fourth-order valence-corrected chi connectivity index (χ4v) is 6.92.